The number of hydrogen-bond acceptors (Lipinski definition) is 3. The maximum atomic E-state index is 13.3. The Bertz CT molecular complexity index is 817. The van der Waals surface area contributed by atoms with Gasteiger partial charge in [0.2, 0.25) is 5.91 Å². The third kappa shape index (κ3) is 4.40. The van der Waals surface area contributed by atoms with Crippen molar-refractivity contribution in [1.82, 2.24) is 0 Å². The number of halogens is 1. The van der Waals surface area contributed by atoms with E-state index in [0.717, 1.165) is 22.6 Å². The maximum absolute atomic E-state index is 13.3. The molecule has 1 aliphatic rings. The Morgan fingerprint density at radius 1 is 1.36 bits per heavy atom. The predicted molar refractivity (Wildman–Crippen MR) is 97.9 cm³/mol. The summed E-state index contributed by atoms with van der Waals surface area (Å²) < 4.78 is 13.3. The Balaban J connectivity index is 1.65. The second-order valence-electron chi connectivity index (χ2n) is 6.28. The lowest BCUT2D eigenvalue weighted by molar-refractivity contribution is -0.117. The molecule has 2 aromatic rings. The Hall–Kier alpha value is -2.32. The van der Waals surface area contributed by atoms with Gasteiger partial charge in [0.15, 0.2) is 0 Å². The van der Waals surface area contributed by atoms with Crippen LogP contribution in [-0.2, 0) is 4.79 Å². The van der Waals surface area contributed by atoms with E-state index in [9.17, 15) is 9.18 Å². The summed E-state index contributed by atoms with van der Waals surface area (Å²) in [5, 5.41) is 12.0. The van der Waals surface area contributed by atoms with E-state index in [1.807, 2.05) is 37.3 Å². The van der Waals surface area contributed by atoms with Crippen molar-refractivity contribution in [3.05, 3.63) is 59.9 Å². The number of nitrogens with one attached hydrogen (secondary N) is 1. The number of benzene rings is 2. The molecule has 2 aromatic carbocycles. The molecular weight excluding hydrogens is 335 g/mol. The molecule has 0 bridgehead atoms. The van der Waals surface area contributed by atoms with Crippen molar-refractivity contribution in [2.75, 3.05) is 5.32 Å². The average molecular weight is 354 g/mol. The van der Waals surface area contributed by atoms with Crippen molar-refractivity contribution < 1.29 is 9.18 Å². The van der Waals surface area contributed by atoms with Crippen molar-refractivity contribution in [3.63, 3.8) is 0 Å². The van der Waals surface area contributed by atoms with Crippen LogP contribution in [-0.4, -0.2) is 11.2 Å². The van der Waals surface area contributed by atoms with Gasteiger partial charge in [0.1, 0.15) is 5.82 Å². The number of amides is 1. The van der Waals surface area contributed by atoms with Crippen LogP contribution in [0.15, 0.2) is 53.4 Å². The van der Waals surface area contributed by atoms with Crippen LogP contribution in [0.25, 0.3) is 0 Å². The summed E-state index contributed by atoms with van der Waals surface area (Å²) in [5.74, 6) is -0.323. The van der Waals surface area contributed by atoms with E-state index in [0.29, 0.717) is 6.42 Å². The quantitative estimate of drug-likeness (QED) is 0.746. The largest absolute Gasteiger partial charge is 0.325 e. The van der Waals surface area contributed by atoms with E-state index >= 15 is 0 Å². The summed E-state index contributed by atoms with van der Waals surface area (Å²) in [7, 11) is 0. The molecule has 1 amide bonds. The normalized spacial score (nSPS) is 19.7. The molecule has 3 rings (SSSR count). The number of anilines is 1. The molecule has 0 saturated heterocycles. The first-order valence-electron chi connectivity index (χ1n) is 8.27. The highest BCUT2D eigenvalue weighted by atomic mass is 32.2. The number of nitrogens with zero attached hydrogens (tertiary/aromatic N) is 1. The van der Waals surface area contributed by atoms with Crippen LogP contribution in [0.1, 0.15) is 31.2 Å². The van der Waals surface area contributed by atoms with Gasteiger partial charge in [-0.05, 0) is 42.2 Å². The van der Waals surface area contributed by atoms with Crippen LogP contribution in [0.2, 0.25) is 0 Å². The van der Waals surface area contributed by atoms with E-state index < -0.39 is 0 Å². The lowest BCUT2D eigenvalue weighted by Gasteiger charge is -2.13. The minimum absolute atomic E-state index is 0.0322. The smallest absolute Gasteiger partial charge is 0.228 e. The molecule has 0 heterocycles. The van der Waals surface area contributed by atoms with Gasteiger partial charge in [-0.25, -0.2) is 4.39 Å². The van der Waals surface area contributed by atoms with Crippen LogP contribution in [0.5, 0.6) is 0 Å². The minimum atomic E-state index is -0.267. The summed E-state index contributed by atoms with van der Waals surface area (Å²) in [4.78, 5) is 13.5. The van der Waals surface area contributed by atoms with E-state index in [-0.39, 0.29) is 28.8 Å². The van der Waals surface area contributed by atoms with Gasteiger partial charge >= 0.3 is 0 Å². The number of para-hydroxylation sites is 1. The fourth-order valence-electron chi connectivity index (χ4n) is 2.88. The molecule has 0 aliphatic heterocycles. The molecular formula is C20H19FN2OS. The van der Waals surface area contributed by atoms with Gasteiger partial charge in [-0.3, -0.25) is 4.79 Å². The molecule has 3 atom stereocenters. The van der Waals surface area contributed by atoms with E-state index in [1.54, 1.807) is 17.8 Å². The third-order valence-electron chi connectivity index (χ3n) is 4.26. The lowest BCUT2D eigenvalue weighted by atomic mass is 10.1. The van der Waals surface area contributed by atoms with Crippen LogP contribution >= 0.6 is 11.8 Å². The number of thioether (sulfide) groups is 1. The molecule has 3 nitrogen and oxygen atoms in total. The Labute approximate surface area is 151 Å². The topological polar surface area (TPSA) is 52.9 Å². The summed E-state index contributed by atoms with van der Waals surface area (Å²) >= 11 is 1.58. The van der Waals surface area contributed by atoms with Crippen molar-refractivity contribution in [1.29, 1.82) is 5.26 Å². The molecule has 0 radical (unpaired) electrons. The zero-order valence-corrected chi connectivity index (χ0v) is 14.7. The molecule has 1 saturated carbocycles. The standard InChI is InChI=1S/C20H19FN2OS/c1-13(9-10-22)25-19-8-3-2-7-18(19)23-20(24)17-12-16(17)14-5-4-6-15(21)11-14/h2-8,11,13,16-17H,9,12H2,1H3,(H,23,24). The molecule has 0 spiro atoms. The van der Waals surface area contributed by atoms with Gasteiger partial charge in [-0.2, -0.15) is 5.26 Å². The van der Waals surface area contributed by atoms with E-state index in [2.05, 4.69) is 11.4 Å². The summed E-state index contributed by atoms with van der Waals surface area (Å²) in [6.07, 6.45) is 1.20. The molecule has 5 heteroatoms. The monoisotopic (exact) mass is 354 g/mol. The number of carbonyl (C=O) groups excluding carboxylic acids is 1. The highest BCUT2D eigenvalue weighted by Gasteiger charge is 2.44. The van der Waals surface area contributed by atoms with Gasteiger partial charge in [0, 0.05) is 22.5 Å². The first-order valence-corrected chi connectivity index (χ1v) is 9.15. The first-order chi connectivity index (χ1) is 12.1. The van der Waals surface area contributed by atoms with Crippen LogP contribution in [0, 0.1) is 23.1 Å². The Kier molecular flexibility index (Phi) is 5.40. The van der Waals surface area contributed by atoms with E-state index in [1.165, 1.54) is 12.1 Å². The molecule has 0 aromatic heterocycles. The van der Waals surface area contributed by atoms with Gasteiger partial charge in [0.05, 0.1) is 11.8 Å². The van der Waals surface area contributed by atoms with Crippen LogP contribution in [0.4, 0.5) is 10.1 Å². The van der Waals surface area contributed by atoms with Gasteiger partial charge in [-0.1, -0.05) is 31.2 Å². The summed E-state index contributed by atoms with van der Waals surface area (Å²) in [6, 6.07) is 16.3. The van der Waals surface area contributed by atoms with Gasteiger partial charge in [0.25, 0.3) is 0 Å². The molecule has 1 N–H and O–H groups in total. The van der Waals surface area contributed by atoms with Crippen LogP contribution in [0.3, 0.4) is 0 Å². The Morgan fingerprint density at radius 3 is 2.92 bits per heavy atom. The average Bonchev–Trinajstić information content (AvgIpc) is 3.38. The van der Waals surface area contributed by atoms with Crippen molar-refractivity contribution in [2.24, 2.45) is 5.92 Å². The molecule has 1 fully saturated rings. The zero-order valence-electron chi connectivity index (χ0n) is 13.9. The third-order valence-corrected chi connectivity index (χ3v) is 5.43. The lowest BCUT2D eigenvalue weighted by Crippen LogP contribution is -2.15. The highest BCUT2D eigenvalue weighted by Crippen LogP contribution is 2.48. The summed E-state index contributed by atoms with van der Waals surface area (Å²) in [5.41, 5.74) is 1.65. The second-order valence-corrected chi connectivity index (χ2v) is 7.76. The Morgan fingerprint density at radius 2 is 2.16 bits per heavy atom. The number of hydrogen-bond donors (Lipinski definition) is 1. The maximum Gasteiger partial charge on any atom is 0.228 e. The summed E-state index contributed by atoms with van der Waals surface area (Å²) in [6.45, 7) is 1.99. The van der Waals surface area contributed by atoms with Crippen molar-refractivity contribution in [2.45, 2.75) is 35.8 Å². The minimum Gasteiger partial charge on any atom is -0.325 e. The molecule has 3 unspecified atom stereocenters. The first kappa shape index (κ1) is 17.5. The fraction of sp³-hybridized carbons (Fsp3) is 0.300. The molecule has 25 heavy (non-hydrogen) atoms. The highest BCUT2D eigenvalue weighted by molar-refractivity contribution is 8.00. The van der Waals surface area contributed by atoms with Gasteiger partial charge < -0.3 is 5.32 Å². The molecule has 128 valence electrons. The van der Waals surface area contributed by atoms with Crippen molar-refractivity contribution in [3.8, 4) is 6.07 Å². The number of nitriles is 1. The second kappa shape index (κ2) is 7.71. The van der Waals surface area contributed by atoms with Crippen LogP contribution < -0.4 is 5.32 Å². The van der Waals surface area contributed by atoms with Gasteiger partial charge in [-0.15, -0.1) is 11.8 Å². The van der Waals surface area contributed by atoms with Crippen molar-refractivity contribution >= 4 is 23.4 Å². The fourth-order valence-corrected chi connectivity index (χ4v) is 3.87. The predicted octanol–water partition coefficient (Wildman–Crippen LogP) is 4.96. The number of carbonyl (C=O) groups is 1. The SMILES string of the molecule is CC(CC#N)Sc1ccccc1NC(=O)C1CC1c1cccc(F)c1. The zero-order chi connectivity index (χ0) is 17.8. The number of rotatable bonds is 6. The molecule has 1 aliphatic carbocycles. The van der Waals surface area contributed by atoms with E-state index in [4.69, 9.17) is 5.26 Å².